The number of benzene rings is 1. The minimum Gasteiger partial charge on any atom is -0.346 e. The van der Waals surface area contributed by atoms with Gasteiger partial charge >= 0.3 is 0 Å². The average Bonchev–Trinajstić information content (AvgIpc) is 3.23. The lowest BCUT2D eigenvalue weighted by atomic mass is 10.1. The van der Waals surface area contributed by atoms with Gasteiger partial charge in [-0.05, 0) is 44.7 Å². The van der Waals surface area contributed by atoms with Crippen LogP contribution in [0, 0.1) is 13.8 Å². The van der Waals surface area contributed by atoms with E-state index in [0.29, 0.717) is 0 Å². The third-order valence-electron chi connectivity index (χ3n) is 6.29. The number of rotatable bonds is 6. The molecule has 0 aromatic heterocycles. The zero-order valence-electron chi connectivity index (χ0n) is 17.5. The highest BCUT2D eigenvalue weighted by Crippen LogP contribution is 2.24. The van der Waals surface area contributed by atoms with Crippen molar-refractivity contribution in [3.63, 3.8) is 0 Å². The van der Waals surface area contributed by atoms with Crippen LogP contribution >= 0.6 is 0 Å². The van der Waals surface area contributed by atoms with Crippen LogP contribution < -0.4 is 10.6 Å². The van der Waals surface area contributed by atoms with E-state index in [1.54, 1.807) is 0 Å². The van der Waals surface area contributed by atoms with Gasteiger partial charge in [-0.3, -0.25) is 19.4 Å². The van der Waals surface area contributed by atoms with E-state index in [1.807, 2.05) is 39.0 Å². The smallest absolute Gasteiger partial charge is 0.243 e. The number of piperazine rings is 1. The first-order valence-electron chi connectivity index (χ1n) is 10.6. The molecule has 6 heteroatoms. The molecule has 1 aliphatic carbocycles. The Morgan fingerprint density at radius 2 is 1.68 bits per heavy atom. The van der Waals surface area contributed by atoms with Crippen molar-refractivity contribution in [1.29, 1.82) is 0 Å². The third kappa shape index (κ3) is 5.11. The maximum Gasteiger partial charge on any atom is 0.243 e. The zero-order valence-corrected chi connectivity index (χ0v) is 17.5. The van der Waals surface area contributed by atoms with E-state index in [9.17, 15) is 9.59 Å². The number of amides is 2. The Morgan fingerprint density at radius 1 is 1.07 bits per heavy atom. The second-order valence-electron chi connectivity index (χ2n) is 8.22. The van der Waals surface area contributed by atoms with Crippen LogP contribution in [-0.4, -0.2) is 66.4 Å². The summed E-state index contributed by atoms with van der Waals surface area (Å²) in [5.41, 5.74) is 2.87. The summed E-state index contributed by atoms with van der Waals surface area (Å²) in [6, 6.07) is 6.44. The minimum atomic E-state index is -0.210. The first kappa shape index (κ1) is 20.8. The standard InChI is InChI=1S/C22H34N4O2/c1-16-7-6-8-17(2)21(16)24-20(27)15-23-22(28)18(3)25-11-13-26(14-12-25)19-9-4-5-10-19/h6-8,18-19H,4-5,9-15H2,1-3H3,(H,23,28)(H,24,27). The minimum absolute atomic E-state index is 0.00101. The van der Waals surface area contributed by atoms with Gasteiger partial charge in [0.2, 0.25) is 11.8 Å². The lowest BCUT2D eigenvalue weighted by molar-refractivity contribution is -0.128. The van der Waals surface area contributed by atoms with Crippen LogP contribution in [-0.2, 0) is 9.59 Å². The Kier molecular flexibility index (Phi) is 7.08. The molecule has 1 saturated carbocycles. The summed E-state index contributed by atoms with van der Waals surface area (Å²) >= 11 is 0. The molecule has 0 spiro atoms. The Hall–Kier alpha value is -1.92. The summed E-state index contributed by atoms with van der Waals surface area (Å²) in [4.78, 5) is 29.6. The van der Waals surface area contributed by atoms with E-state index >= 15 is 0 Å². The van der Waals surface area contributed by atoms with Crippen molar-refractivity contribution >= 4 is 17.5 Å². The third-order valence-corrected chi connectivity index (χ3v) is 6.29. The fourth-order valence-electron chi connectivity index (χ4n) is 4.44. The van der Waals surface area contributed by atoms with E-state index in [0.717, 1.165) is 49.0 Å². The zero-order chi connectivity index (χ0) is 20.1. The number of hydrogen-bond acceptors (Lipinski definition) is 4. The molecule has 1 aliphatic heterocycles. The number of para-hydroxylation sites is 1. The molecule has 2 aliphatic rings. The highest BCUT2D eigenvalue weighted by Gasteiger charge is 2.29. The largest absolute Gasteiger partial charge is 0.346 e. The van der Waals surface area contributed by atoms with Crippen LogP contribution in [0.25, 0.3) is 0 Å². The molecule has 1 saturated heterocycles. The number of aryl methyl sites for hydroxylation is 2. The summed E-state index contributed by atoms with van der Waals surface area (Å²) in [6.45, 7) is 9.77. The van der Waals surface area contributed by atoms with Crippen molar-refractivity contribution in [3.05, 3.63) is 29.3 Å². The van der Waals surface area contributed by atoms with E-state index in [-0.39, 0.29) is 24.4 Å². The molecule has 2 amide bonds. The second-order valence-corrected chi connectivity index (χ2v) is 8.22. The Morgan fingerprint density at radius 3 is 2.29 bits per heavy atom. The number of carbonyl (C=O) groups excluding carboxylic acids is 2. The molecule has 1 unspecified atom stereocenters. The number of carbonyl (C=O) groups is 2. The molecular formula is C22H34N4O2. The molecule has 3 rings (SSSR count). The Bertz CT molecular complexity index is 672. The highest BCUT2D eigenvalue weighted by molar-refractivity contribution is 5.96. The lowest BCUT2D eigenvalue weighted by Gasteiger charge is -2.40. The molecule has 1 heterocycles. The average molecular weight is 387 g/mol. The van der Waals surface area contributed by atoms with Gasteiger partial charge in [0.15, 0.2) is 0 Å². The summed E-state index contributed by atoms with van der Waals surface area (Å²) in [7, 11) is 0. The molecule has 154 valence electrons. The topological polar surface area (TPSA) is 64.7 Å². The Labute approximate surface area is 168 Å². The molecule has 2 fully saturated rings. The van der Waals surface area contributed by atoms with Crippen molar-refractivity contribution < 1.29 is 9.59 Å². The molecule has 0 radical (unpaired) electrons. The van der Waals surface area contributed by atoms with Crippen molar-refractivity contribution in [2.75, 3.05) is 38.0 Å². The molecule has 6 nitrogen and oxygen atoms in total. The molecule has 0 bridgehead atoms. The van der Waals surface area contributed by atoms with E-state index in [2.05, 4.69) is 20.4 Å². The van der Waals surface area contributed by atoms with Crippen molar-refractivity contribution in [2.24, 2.45) is 0 Å². The van der Waals surface area contributed by atoms with Gasteiger partial charge in [-0.25, -0.2) is 0 Å². The summed E-state index contributed by atoms with van der Waals surface area (Å²) in [6.07, 6.45) is 5.36. The van der Waals surface area contributed by atoms with Crippen LogP contribution in [0.1, 0.15) is 43.7 Å². The molecule has 28 heavy (non-hydrogen) atoms. The summed E-state index contributed by atoms with van der Waals surface area (Å²) in [5, 5.41) is 5.71. The number of anilines is 1. The van der Waals surface area contributed by atoms with E-state index < -0.39 is 0 Å². The fourth-order valence-corrected chi connectivity index (χ4v) is 4.44. The maximum atomic E-state index is 12.5. The highest BCUT2D eigenvalue weighted by atomic mass is 16.2. The normalized spacial score (nSPS) is 20.1. The Balaban J connectivity index is 1.42. The van der Waals surface area contributed by atoms with Gasteiger partial charge in [0, 0.05) is 37.9 Å². The van der Waals surface area contributed by atoms with Crippen LogP contribution in [0.2, 0.25) is 0 Å². The van der Waals surface area contributed by atoms with Gasteiger partial charge in [-0.15, -0.1) is 0 Å². The van der Waals surface area contributed by atoms with Crippen molar-refractivity contribution in [1.82, 2.24) is 15.1 Å². The van der Waals surface area contributed by atoms with Gasteiger partial charge in [0.25, 0.3) is 0 Å². The fraction of sp³-hybridized carbons (Fsp3) is 0.636. The molecule has 1 aromatic rings. The summed E-state index contributed by atoms with van der Waals surface area (Å²) in [5.74, 6) is -0.269. The van der Waals surface area contributed by atoms with Gasteiger partial charge in [0.1, 0.15) is 0 Å². The van der Waals surface area contributed by atoms with Gasteiger partial charge in [-0.2, -0.15) is 0 Å². The van der Waals surface area contributed by atoms with Gasteiger partial charge < -0.3 is 10.6 Å². The number of nitrogens with one attached hydrogen (secondary N) is 2. The second kappa shape index (κ2) is 9.52. The predicted molar refractivity (Wildman–Crippen MR) is 112 cm³/mol. The van der Waals surface area contributed by atoms with Crippen molar-refractivity contribution in [2.45, 2.75) is 58.5 Å². The number of hydrogen-bond donors (Lipinski definition) is 2. The van der Waals surface area contributed by atoms with E-state index in [4.69, 9.17) is 0 Å². The number of nitrogens with zero attached hydrogens (tertiary/aromatic N) is 2. The van der Waals surface area contributed by atoms with Crippen LogP contribution in [0.15, 0.2) is 18.2 Å². The van der Waals surface area contributed by atoms with Crippen molar-refractivity contribution in [3.8, 4) is 0 Å². The van der Waals surface area contributed by atoms with E-state index in [1.165, 1.54) is 25.7 Å². The molecule has 2 N–H and O–H groups in total. The quantitative estimate of drug-likeness (QED) is 0.787. The first-order valence-corrected chi connectivity index (χ1v) is 10.6. The maximum absolute atomic E-state index is 12.5. The molecule has 1 aromatic carbocycles. The molecular weight excluding hydrogens is 352 g/mol. The van der Waals surface area contributed by atoms with Crippen LogP contribution in [0.5, 0.6) is 0 Å². The molecule has 1 atom stereocenters. The van der Waals surface area contributed by atoms with Gasteiger partial charge in [-0.1, -0.05) is 31.0 Å². The van der Waals surface area contributed by atoms with Crippen LogP contribution in [0.3, 0.4) is 0 Å². The first-order chi connectivity index (χ1) is 13.5. The van der Waals surface area contributed by atoms with Crippen LogP contribution in [0.4, 0.5) is 5.69 Å². The SMILES string of the molecule is Cc1cccc(C)c1NC(=O)CNC(=O)C(C)N1CCN(C2CCCC2)CC1. The lowest BCUT2D eigenvalue weighted by Crippen LogP contribution is -2.55. The predicted octanol–water partition coefficient (Wildman–Crippen LogP) is 2.31. The van der Waals surface area contributed by atoms with Gasteiger partial charge in [0.05, 0.1) is 12.6 Å². The summed E-state index contributed by atoms with van der Waals surface area (Å²) < 4.78 is 0. The monoisotopic (exact) mass is 386 g/mol.